The van der Waals surface area contributed by atoms with Crippen molar-refractivity contribution in [2.45, 2.75) is 20.0 Å². The van der Waals surface area contributed by atoms with Crippen molar-refractivity contribution < 1.29 is 9.53 Å². The predicted octanol–water partition coefficient (Wildman–Crippen LogP) is 5.61. The van der Waals surface area contributed by atoms with E-state index in [1.807, 2.05) is 85.8 Å². The molecule has 1 aromatic heterocycles. The number of rotatable bonds is 9. The Labute approximate surface area is 194 Å². The monoisotopic (exact) mass is 437 g/mol. The molecule has 0 atom stereocenters. The van der Waals surface area contributed by atoms with Crippen LogP contribution in [0.5, 0.6) is 5.75 Å². The van der Waals surface area contributed by atoms with E-state index in [1.54, 1.807) is 0 Å². The predicted molar refractivity (Wildman–Crippen MR) is 132 cm³/mol. The molecule has 0 aliphatic carbocycles. The Morgan fingerprint density at radius 1 is 0.788 bits per heavy atom. The highest BCUT2D eigenvalue weighted by Gasteiger charge is 2.13. The number of pyridine rings is 1. The number of amides is 1. The summed E-state index contributed by atoms with van der Waals surface area (Å²) in [6.07, 6.45) is 0. The van der Waals surface area contributed by atoms with Gasteiger partial charge in [0.15, 0.2) is 6.61 Å². The topological polar surface area (TPSA) is 54.5 Å². The number of para-hydroxylation sites is 1. The molecule has 5 nitrogen and oxygen atoms in total. The van der Waals surface area contributed by atoms with Crippen molar-refractivity contribution in [3.63, 3.8) is 0 Å². The number of ether oxygens (including phenoxy) is 1. The third kappa shape index (κ3) is 6.43. The van der Waals surface area contributed by atoms with E-state index in [0.29, 0.717) is 11.4 Å². The molecule has 1 amide bonds. The van der Waals surface area contributed by atoms with Gasteiger partial charge in [-0.1, -0.05) is 78.9 Å². The number of benzene rings is 3. The molecule has 5 heteroatoms. The molecule has 33 heavy (non-hydrogen) atoms. The first kappa shape index (κ1) is 22.1. The molecule has 0 aliphatic heterocycles. The van der Waals surface area contributed by atoms with E-state index in [0.717, 1.165) is 24.6 Å². The first-order valence-electron chi connectivity index (χ1n) is 11.0. The van der Waals surface area contributed by atoms with Crippen molar-refractivity contribution in [1.82, 2.24) is 4.98 Å². The van der Waals surface area contributed by atoms with Gasteiger partial charge in [0.05, 0.1) is 11.4 Å². The molecule has 0 saturated heterocycles. The van der Waals surface area contributed by atoms with Crippen molar-refractivity contribution in [3.05, 3.63) is 120 Å². The van der Waals surface area contributed by atoms with Crippen LogP contribution in [0.4, 0.5) is 11.5 Å². The van der Waals surface area contributed by atoms with Gasteiger partial charge in [-0.05, 0) is 42.3 Å². The van der Waals surface area contributed by atoms with Crippen LogP contribution < -0.4 is 15.0 Å². The molecular formula is C28H27N3O2. The second-order valence-corrected chi connectivity index (χ2v) is 7.78. The number of aromatic nitrogens is 1. The molecule has 0 unspecified atom stereocenters. The SMILES string of the molecule is Cc1nc(N(Cc2ccccc2)Cc2ccccc2)ccc1NC(=O)COc1ccccc1. The number of hydrogen-bond donors (Lipinski definition) is 1. The summed E-state index contributed by atoms with van der Waals surface area (Å²) in [7, 11) is 0. The van der Waals surface area contributed by atoms with E-state index >= 15 is 0 Å². The number of anilines is 2. The normalized spacial score (nSPS) is 10.5. The third-order valence-corrected chi connectivity index (χ3v) is 5.21. The summed E-state index contributed by atoms with van der Waals surface area (Å²) in [4.78, 5) is 19.4. The van der Waals surface area contributed by atoms with Crippen LogP contribution in [0, 0.1) is 6.92 Å². The minimum Gasteiger partial charge on any atom is -0.484 e. The summed E-state index contributed by atoms with van der Waals surface area (Å²) in [5.74, 6) is 1.30. The zero-order valence-corrected chi connectivity index (χ0v) is 18.6. The van der Waals surface area contributed by atoms with Crippen LogP contribution in [0.3, 0.4) is 0 Å². The van der Waals surface area contributed by atoms with Gasteiger partial charge in [-0.25, -0.2) is 4.98 Å². The van der Waals surface area contributed by atoms with E-state index in [4.69, 9.17) is 9.72 Å². The molecular weight excluding hydrogens is 410 g/mol. The van der Waals surface area contributed by atoms with Crippen LogP contribution in [0.25, 0.3) is 0 Å². The molecule has 0 bridgehead atoms. The van der Waals surface area contributed by atoms with Crippen LogP contribution in [-0.4, -0.2) is 17.5 Å². The van der Waals surface area contributed by atoms with Gasteiger partial charge in [-0.3, -0.25) is 4.79 Å². The minimum absolute atomic E-state index is 0.0562. The lowest BCUT2D eigenvalue weighted by molar-refractivity contribution is -0.118. The third-order valence-electron chi connectivity index (χ3n) is 5.21. The second-order valence-electron chi connectivity index (χ2n) is 7.78. The quantitative estimate of drug-likeness (QED) is 0.370. The van der Waals surface area contributed by atoms with E-state index in [2.05, 4.69) is 34.5 Å². The number of nitrogens with zero attached hydrogens (tertiary/aromatic N) is 2. The average molecular weight is 438 g/mol. The van der Waals surface area contributed by atoms with Gasteiger partial charge < -0.3 is 15.0 Å². The summed E-state index contributed by atoms with van der Waals surface area (Å²) in [6, 6.07) is 33.8. The Bertz CT molecular complexity index is 1120. The molecule has 0 fully saturated rings. The molecule has 0 radical (unpaired) electrons. The lowest BCUT2D eigenvalue weighted by atomic mass is 10.1. The van der Waals surface area contributed by atoms with Crippen LogP contribution in [0.2, 0.25) is 0 Å². The Morgan fingerprint density at radius 3 is 1.88 bits per heavy atom. The smallest absolute Gasteiger partial charge is 0.262 e. The average Bonchev–Trinajstić information content (AvgIpc) is 2.85. The van der Waals surface area contributed by atoms with Crippen molar-refractivity contribution in [1.29, 1.82) is 0 Å². The fourth-order valence-corrected chi connectivity index (χ4v) is 3.53. The van der Waals surface area contributed by atoms with E-state index in [1.165, 1.54) is 11.1 Å². The lowest BCUT2D eigenvalue weighted by Gasteiger charge is -2.25. The highest BCUT2D eigenvalue weighted by atomic mass is 16.5. The highest BCUT2D eigenvalue weighted by molar-refractivity contribution is 5.92. The molecule has 166 valence electrons. The Morgan fingerprint density at radius 2 is 1.33 bits per heavy atom. The van der Waals surface area contributed by atoms with Crippen LogP contribution >= 0.6 is 0 Å². The van der Waals surface area contributed by atoms with Crippen LogP contribution in [0.15, 0.2) is 103 Å². The van der Waals surface area contributed by atoms with Crippen molar-refractivity contribution in [3.8, 4) is 5.75 Å². The summed E-state index contributed by atoms with van der Waals surface area (Å²) in [6.45, 7) is 3.32. The maximum absolute atomic E-state index is 12.4. The Kier molecular flexibility index (Phi) is 7.33. The molecule has 4 aromatic rings. The number of carbonyl (C=O) groups excluding carboxylic acids is 1. The van der Waals surface area contributed by atoms with Gasteiger partial charge in [0.25, 0.3) is 5.91 Å². The largest absolute Gasteiger partial charge is 0.484 e. The molecule has 0 aliphatic rings. The summed E-state index contributed by atoms with van der Waals surface area (Å²) in [5, 5.41) is 2.90. The zero-order valence-electron chi connectivity index (χ0n) is 18.6. The Balaban J connectivity index is 1.47. The zero-order chi connectivity index (χ0) is 22.9. The van der Waals surface area contributed by atoms with E-state index < -0.39 is 0 Å². The van der Waals surface area contributed by atoms with Gasteiger partial charge in [0.1, 0.15) is 11.6 Å². The Hall–Kier alpha value is -4.12. The summed E-state index contributed by atoms with van der Waals surface area (Å²) in [5.41, 5.74) is 3.86. The van der Waals surface area contributed by atoms with Crippen molar-refractivity contribution in [2.24, 2.45) is 0 Å². The highest BCUT2D eigenvalue weighted by Crippen LogP contribution is 2.22. The van der Waals surface area contributed by atoms with Gasteiger partial charge in [0, 0.05) is 13.1 Å². The number of hydrogen-bond acceptors (Lipinski definition) is 4. The summed E-state index contributed by atoms with van der Waals surface area (Å²) < 4.78 is 5.53. The molecule has 0 spiro atoms. The fourth-order valence-electron chi connectivity index (χ4n) is 3.53. The fraction of sp³-hybridized carbons (Fsp3) is 0.143. The maximum atomic E-state index is 12.4. The number of nitrogens with one attached hydrogen (secondary N) is 1. The van der Waals surface area contributed by atoms with E-state index in [9.17, 15) is 4.79 Å². The lowest BCUT2D eigenvalue weighted by Crippen LogP contribution is -2.24. The molecule has 0 saturated carbocycles. The molecule has 4 rings (SSSR count). The first-order valence-corrected chi connectivity index (χ1v) is 11.0. The second kappa shape index (κ2) is 11.0. The number of carbonyl (C=O) groups is 1. The standard InChI is InChI=1S/C28H27N3O2/c1-22-26(30-28(32)21-33-25-15-9-4-10-16-25)17-18-27(29-22)31(19-23-11-5-2-6-12-23)20-24-13-7-3-8-14-24/h2-18H,19-21H2,1H3,(H,30,32). The van der Waals surface area contributed by atoms with Gasteiger partial charge in [-0.2, -0.15) is 0 Å². The van der Waals surface area contributed by atoms with Crippen LogP contribution in [-0.2, 0) is 17.9 Å². The van der Waals surface area contributed by atoms with E-state index in [-0.39, 0.29) is 12.5 Å². The van der Waals surface area contributed by atoms with Crippen molar-refractivity contribution >= 4 is 17.4 Å². The van der Waals surface area contributed by atoms with Gasteiger partial charge in [0.2, 0.25) is 0 Å². The molecule has 1 heterocycles. The molecule has 1 N–H and O–H groups in total. The maximum Gasteiger partial charge on any atom is 0.262 e. The molecule has 3 aromatic carbocycles. The van der Waals surface area contributed by atoms with Crippen molar-refractivity contribution in [2.75, 3.05) is 16.8 Å². The van der Waals surface area contributed by atoms with Gasteiger partial charge in [-0.15, -0.1) is 0 Å². The minimum atomic E-state index is -0.220. The first-order chi connectivity index (χ1) is 16.2. The summed E-state index contributed by atoms with van der Waals surface area (Å²) >= 11 is 0. The van der Waals surface area contributed by atoms with Crippen LogP contribution in [0.1, 0.15) is 16.8 Å². The van der Waals surface area contributed by atoms with Gasteiger partial charge >= 0.3 is 0 Å². The number of aryl methyl sites for hydroxylation is 1.